The predicted octanol–water partition coefficient (Wildman–Crippen LogP) is 8.25. The van der Waals surface area contributed by atoms with Crippen molar-refractivity contribution in [2.24, 2.45) is 0 Å². The van der Waals surface area contributed by atoms with Crippen LogP contribution in [0.15, 0.2) is 121 Å². The van der Waals surface area contributed by atoms with E-state index in [9.17, 15) is 0 Å². The molecule has 0 bridgehead atoms. The Kier molecular flexibility index (Phi) is 5.71. The second-order valence-electron chi connectivity index (χ2n) is 8.75. The average molecular weight is 484 g/mol. The number of hydrogen-bond donors (Lipinski definition) is 3. The molecule has 0 aliphatic carbocycles. The molecule has 0 saturated carbocycles. The number of benzene rings is 5. The molecule has 5 nitrogen and oxygen atoms in total. The number of para-hydroxylation sites is 5. The van der Waals surface area contributed by atoms with Crippen molar-refractivity contribution in [2.75, 3.05) is 11.5 Å². The summed E-state index contributed by atoms with van der Waals surface area (Å²) in [6, 6.07) is 39.4. The van der Waals surface area contributed by atoms with Crippen LogP contribution in [0, 0.1) is 0 Å². The van der Waals surface area contributed by atoms with E-state index in [4.69, 9.17) is 20.9 Å². The Morgan fingerprint density at radius 3 is 1.54 bits per heavy atom. The van der Waals surface area contributed by atoms with Crippen molar-refractivity contribution in [1.82, 2.24) is 4.98 Å². The first-order valence-electron chi connectivity index (χ1n) is 12.0. The minimum atomic E-state index is 0.604. The number of H-pyrrole nitrogens is 1. The Bertz CT molecular complexity index is 1690. The van der Waals surface area contributed by atoms with Crippen LogP contribution in [-0.4, -0.2) is 4.98 Å². The van der Waals surface area contributed by atoms with Crippen molar-refractivity contribution in [3.63, 3.8) is 0 Å². The fourth-order valence-corrected chi connectivity index (χ4v) is 4.44. The second kappa shape index (κ2) is 9.47. The van der Waals surface area contributed by atoms with E-state index in [1.54, 1.807) is 0 Å². The quantitative estimate of drug-likeness (QED) is 0.208. The minimum absolute atomic E-state index is 0.604. The Labute approximate surface area is 214 Å². The zero-order valence-corrected chi connectivity index (χ0v) is 20.0. The fourth-order valence-electron chi connectivity index (χ4n) is 4.44. The summed E-state index contributed by atoms with van der Waals surface area (Å²) in [5, 5.41) is 1.15. The van der Waals surface area contributed by atoms with Gasteiger partial charge in [-0.05, 0) is 77.9 Å². The molecule has 0 radical (unpaired) electrons. The van der Waals surface area contributed by atoms with Gasteiger partial charge in [-0.15, -0.1) is 0 Å². The standard InChI is InChI=1S/C32H25N3O2/c33-26-8-2-5-11-29(26)36-23-17-13-21(14-18-23)31-25-7-1-4-10-28(25)35-32(31)22-15-19-24(20-16-22)37-30-12-6-3-9-27(30)34/h1-20,35H,33-34H2. The topological polar surface area (TPSA) is 86.3 Å². The molecule has 0 aliphatic rings. The Hall–Kier alpha value is -5.16. The number of rotatable bonds is 6. The van der Waals surface area contributed by atoms with E-state index in [0.29, 0.717) is 22.9 Å². The Morgan fingerprint density at radius 1 is 0.486 bits per heavy atom. The molecule has 0 saturated heterocycles. The van der Waals surface area contributed by atoms with Crippen molar-refractivity contribution in [3.05, 3.63) is 121 Å². The third kappa shape index (κ3) is 4.46. The number of ether oxygens (including phenoxy) is 2. The van der Waals surface area contributed by atoms with Crippen LogP contribution in [0.3, 0.4) is 0 Å². The molecule has 5 N–H and O–H groups in total. The van der Waals surface area contributed by atoms with E-state index in [1.165, 1.54) is 0 Å². The average Bonchev–Trinajstić information content (AvgIpc) is 3.32. The number of aromatic amines is 1. The number of aromatic nitrogens is 1. The first kappa shape index (κ1) is 22.3. The number of fused-ring (bicyclic) bond motifs is 1. The van der Waals surface area contributed by atoms with E-state index < -0.39 is 0 Å². The summed E-state index contributed by atoms with van der Waals surface area (Å²) in [6.07, 6.45) is 0. The summed E-state index contributed by atoms with van der Waals surface area (Å²) < 4.78 is 12.0. The Balaban J connectivity index is 1.34. The number of nitrogens with two attached hydrogens (primary N) is 2. The fraction of sp³-hybridized carbons (Fsp3) is 0. The maximum absolute atomic E-state index is 6.04. The van der Waals surface area contributed by atoms with Crippen LogP contribution in [0.25, 0.3) is 33.3 Å². The van der Waals surface area contributed by atoms with E-state index in [0.717, 1.165) is 44.8 Å². The normalized spacial score (nSPS) is 10.9. The van der Waals surface area contributed by atoms with Gasteiger partial charge in [0.05, 0.1) is 17.1 Å². The van der Waals surface area contributed by atoms with E-state index in [-0.39, 0.29) is 0 Å². The maximum atomic E-state index is 6.04. The van der Waals surface area contributed by atoms with Gasteiger partial charge in [-0.25, -0.2) is 0 Å². The molecule has 0 atom stereocenters. The van der Waals surface area contributed by atoms with Crippen molar-refractivity contribution >= 4 is 22.3 Å². The lowest BCUT2D eigenvalue weighted by Gasteiger charge is -2.11. The van der Waals surface area contributed by atoms with Gasteiger partial charge in [-0.2, -0.15) is 0 Å². The highest BCUT2D eigenvalue weighted by Gasteiger charge is 2.15. The van der Waals surface area contributed by atoms with E-state index >= 15 is 0 Å². The molecule has 0 fully saturated rings. The van der Waals surface area contributed by atoms with Gasteiger partial charge >= 0.3 is 0 Å². The van der Waals surface area contributed by atoms with Gasteiger partial charge in [0.15, 0.2) is 0 Å². The van der Waals surface area contributed by atoms with Gasteiger partial charge in [-0.1, -0.05) is 54.6 Å². The number of anilines is 2. The van der Waals surface area contributed by atoms with Crippen LogP contribution in [0.5, 0.6) is 23.0 Å². The highest BCUT2D eigenvalue weighted by atomic mass is 16.5. The molecule has 1 aromatic heterocycles. The van der Waals surface area contributed by atoms with Crippen LogP contribution in [0.1, 0.15) is 0 Å². The number of nitrogen functional groups attached to an aromatic ring is 2. The lowest BCUT2D eigenvalue weighted by molar-refractivity contribution is 0.485. The lowest BCUT2D eigenvalue weighted by Crippen LogP contribution is -1.92. The molecule has 37 heavy (non-hydrogen) atoms. The molecule has 6 rings (SSSR count). The molecule has 0 amide bonds. The highest BCUT2D eigenvalue weighted by Crippen LogP contribution is 2.40. The van der Waals surface area contributed by atoms with Crippen molar-refractivity contribution in [1.29, 1.82) is 0 Å². The first-order chi connectivity index (χ1) is 18.2. The number of hydrogen-bond acceptors (Lipinski definition) is 4. The summed E-state index contributed by atoms with van der Waals surface area (Å²) in [4.78, 5) is 3.61. The van der Waals surface area contributed by atoms with Crippen molar-refractivity contribution < 1.29 is 9.47 Å². The number of nitrogens with one attached hydrogen (secondary N) is 1. The molecule has 5 aromatic carbocycles. The minimum Gasteiger partial charge on any atom is -0.455 e. The smallest absolute Gasteiger partial charge is 0.150 e. The van der Waals surface area contributed by atoms with E-state index in [1.807, 2.05) is 78.9 Å². The van der Waals surface area contributed by atoms with Gasteiger partial charge in [0, 0.05) is 16.5 Å². The molecule has 0 aliphatic heterocycles. The van der Waals surface area contributed by atoms with Crippen LogP contribution in [0.4, 0.5) is 11.4 Å². The van der Waals surface area contributed by atoms with Crippen LogP contribution in [0.2, 0.25) is 0 Å². The zero-order chi connectivity index (χ0) is 25.2. The first-order valence-corrected chi connectivity index (χ1v) is 12.0. The summed E-state index contributed by atoms with van der Waals surface area (Å²) in [5.41, 5.74) is 18.6. The summed E-state index contributed by atoms with van der Waals surface area (Å²) in [7, 11) is 0. The van der Waals surface area contributed by atoms with Gasteiger partial charge in [-0.3, -0.25) is 0 Å². The zero-order valence-electron chi connectivity index (χ0n) is 20.0. The third-order valence-electron chi connectivity index (χ3n) is 6.29. The largest absolute Gasteiger partial charge is 0.455 e. The van der Waals surface area contributed by atoms with E-state index in [2.05, 4.69) is 47.4 Å². The monoisotopic (exact) mass is 483 g/mol. The van der Waals surface area contributed by atoms with Crippen LogP contribution in [-0.2, 0) is 0 Å². The molecular formula is C32H25N3O2. The molecule has 0 spiro atoms. The molecule has 1 heterocycles. The van der Waals surface area contributed by atoms with Gasteiger partial charge in [0.25, 0.3) is 0 Å². The Morgan fingerprint density at radius 2 is 0.973 bits per heavy atom. The predicted molar refractivity (Wildman–Crippen MR) is 151 cm³/mol. The lowest BCUT2D eigenvalue weighted by atomic mass is 9.98. The molecule has 6 aromatic rings. The van der Waals surface area contributed by atoms with Crippen molar-refractivity contribution in [2.45, 2.75) is 0 Å². The van der Waals surface area contributed by atoms with Crippen molar-refractivity contribution in [3.8, 4) is 45.4 Å². The van der Waals surface area contributed by atoms with Crippen LogP contribution >= 0.6 is 0 Å². The maximum Gasteiger partial charge on any atom is 0.150 e. The van der Waals surface area contributed by atoms with Gasteiger partial charge in [0.2, 0.25) is 0 Å². The molecule has 0 unspecified atom stereocenters. The van der Waals surface area contributed by atoms with Gasteiger partial charge in [0.1, 0.15) is 23.0 Å². The molecular weight excluding hydrogens is 458 g/mol. The highest BCUT2D eigenvalue weighted by molar-refractivity contribution is 6.03. The van der Waals surface area contributed by atoms with Gasteiger partial charge < -0.3 is 25.9 Å². The summed E-state index contributed by atoms with van der Waals surface area (Å²) in [6.45, 7) is 0. The molecule has 180 valence electrons. The molecule has 5 heteroatoms. The second-order valence-corrected chi connectivity index (χ2v) is 8.75. The van der Waals surface area contributed by atoms with Crippen LogP contribution < -0.4 is 20.9 Å². The SMILES string of the molecule is Nc1ccccc1Oc1ccc(-c2[nH]c3ccccc3c2-c2ccc(Oc3ccccc3N)cc2)cc1. The third-order valence-corrected chi connectivity index (χ3v) is 6.29. The summed E-state index contributed by atoms with van der Waals surface area (Å²) in [5.74, 6) is 2.73. The summed E-state index contributed by atoms with van der Waals surface area (Å²) >= 11 is 0.